The molecule has 1 atom stereocenters. The first-order valence-electron chi connectivity index (χ1n) is 7.12. The van der Waals surface area contributed by atoms with Gasteiger partial charge < -0.3 is 4.74 Å². The summed E-state index contributed by atoms with van der Waals surface area (Å²) < 4.78 is 5.66. The lowest BCUT2D eigenvalue weighted by atomic mass is 10.0. The lowest BCUT2D eigenvalue weighted by Crippen LogP contribution is -2.09. The normalized spacial score (nSPS) is 11.7. The molecule has 0 amide bonds. The van der Waals surface area contributed by atoms with Crippen LogP contribution in [-0.2, 0) is 0 Å². The first-order valence-corrected chi connectivity index (χ1v) is 7.12. The molecule has 7 heteroatoms. The SMILES string of the molecule is CCC(C)Oc1ccc(-c2ccc([N+](=O)[O-])cc2[N+](=O)[O-])cc1. The molecule has 0 spiro atoms. The number of rotatable bonds is 6. The fourth-order valence-corrected chi connectivity index (χ4v) is 2.06. The highest BCUT2D eigenvalue weighted by atomic mass is 16.6. The van der Waals surface area contributed by atoms with Gasteiger partial charge in [-0.05, 0) is 37.1 Å². The monoisotopic (exact) mass is 316 g/mol. The predicted octanol–water partition coefficient (Wildman–Crippen LogP) is 4.35. The predicted molar refractivity (Wildman–Crippen MR) is 85.6 cm³/mol. The van der Waals surface area contributed by atoms with E-state index in [2.05, 4.69) is 0 Å². The van der Waals surface area contributed by atoms with Crippen molar-refractivity contribution in [2.75, 3.05) is 0 Å². The molecule has 0 saturated heterocycles. The summed E-state index contributed by atoms with van der Waals surface area (Å²) in [5.41, 5.74) is 0.325. The smallest absolute Gasteiger partial charge is 0.284 e. The molecule has 0 bridgehead atoms. The van der Waals surface area contributed by atoms with Crippen LogP contribution in [0.2, 0.25) is 0 Å². The molecular weight excluding hydrogens is 300 g/mol. The number of non-ortho nitro benzene ring substituents is 1. The van der Waals surface area contributed by atoms with Crippen molar-refractivity contribution in [3.05, 3.63) is 62.7 Å². The average molecular weight is 316 g/mol. The number of hydrogen-bond acceptors (Lipinski definition) is 5. The van der Waals surface area contributed by atoms with Crippen LogP contribution in [0, 0.1) is 20.2 Å². The molecule has 0 N–H and O–H groups in total. The minimum atomic E-state index is -0.653. The number of nitro groups is 2. The molecule has 0 aromatic heterocycles. The number of ether oxygens (including phenoxy) is 1. The van der Waals surface area contributed by atoms with Crippen molar-refractivity contribution < 1.29 is 14.6 Å². The van der Waals surface area contributed by atoms with Crippen molar-refractivity contribution in [2.24, 2.45) is 0 Å². The van der Waals surface area contributed by atoms with E-state index in [-0.39, 0.29) is 17.5 Å². The summed E-state index contributed by atoms with van der Waals surface area (Å²) in [7, 11) is 0. The number of nitro benzene ring substituents is 2. The summed E-state index contributed by atoms with van der Waals surface area (Å²) >= 11 is 0. The Labute approximate surface area is 132 Å². The maximum Gasteiger partial charge on any atom is 0.284 e. The van der Waals surface area contributed by atoms with E-state index in [0.717, 1.165) is 12.5 Å². The average Bonchev–Trinajstić information content (AvgIpc) is 2.54. The number of benzene rings is 2. The first kappa shape index (κ1) is 16.4. The van der Waals surface area contributed by atoms with E-state index in [0.29, 0.717) is 16.9 Å². The third kappa shape index (κ3) is 3.82. The van der Waals surface area contributed by atoms with E-state index in [1.165, 1.54) is 12.1 Å². The van der Waals surface area contributed by atoms with Crippen LogP contribution < -0.4 is 4.74 Å². The zero-order valence-corrected chi connectivity index (χ0v) is 12.8. The molecule has 0 fully saturated rings. The Balaban J connectivity index is 2.37. The van der Waals surface area contributed by atoms with Crippen LogP contribution in [0.3, 0.4) is 0 Å². The summed E-state index contributed by atoms with van der Waals surface area (Å²) in [5.74, 6) is 0.674. The molecule has 0 aliphatic carbocycles. The second-order valence-electron chi connectivity index (χ2n) is 5.08. The van der Waals surface area contributed by atoms with E-state index in [4.69, 9.17) is 4.74 Å². The molecule has 2 aromatic carbocycles. The lowest BCUT2D eigenvalue weighted by molar-refractivity contribution is -0.393. The number of nitrogens with zero attached hydrogens (tertiary/aromatic N) is 2. The minimum absolute atomic E-state index is 0.0783. The lowest BCUT2D eigenvalue weighted by Gasteiger charge is -2.12. The molecule has 0 aliphatic rings. The molecule has 2 rings (SSSR count). The summed E-state index contributed by atoms with van der Waals surface area (Å²) in [4.78, 5) is 20.7. The van der Waals surface area contributed by atoms with Crippen LogP contribution in [0.25, 0.3) is 11.1 Å². The Kier molecular flexibility index (Phi) is 4.90. The molecule has 0 aliphatic heterocycles. The Morgan fingerprint density at radius 1 is 1.04 bits per heavy atom. The summed E-state index contributed by atoms with van der Waals surface area (Å²) in [6.07, 6.45) is 0.949. The van der Waals surface area contributed by atoms with Gasteiger partial charge in [-0.15, -0.1) is 0 Å². The Bertz CT molecular complexity index is 728. The third-order valence-corrected chi connectivity index (χ3v) is 3.47. The standard InChI is InChI=1S/C16H16N2O5/c1-3-11(2)23-14-7-4-12(5-8-14)15-9-6-13(17(19)20)10-16(15)18(21)22/h4-11H,3H2,1-2H3. The summed E-state index contributed by atoms with van der Waals surface area (Å²) in [6.45, 7) is 3.97. The highest BCUT2D eigenvalue weighted by Crippen LogP contribution is 2.33. The van der Waals surface area contributed by atoms with E-state index in [9.17, 15) is 20.2 Å². The van der Waals surface area contributed by atoms with Crippen molar-refractivity contribution >= 4 is 11.4 Å². The Hall–Kier alpha value is -2.96. The van der Waals surface area contributed by atoms with Gasteiger partial charge in [-0.25, -0.2) is 0 Å². The zero-order chi connectivity index (χ0) is 17.0. The second kappa shape index (κ2) is 6.87. The van der Waals surface area contributed by atoms with Crippen molar-refractivity contribution in [2.45, 2.75) is 26.4 Å². The van der Waals surface area contributed by atoms with Gasteiger partial charge in [0.25, 0.3) is 11.4 Å². The molecule has 2 aromatic rings. The van der Waals surface area contributed by atoms with E-state index in [1.807, 2.05) is 13.8 Å². The molecule has 120 valence electrons. The maximum atomic E-state index is 11.2. The van der Waals surface area contributed by atoms with Gasteiger partial charge in [0.2, 0.25) is 0 Å². The van der Waals surface area contributed by atoms with E-state index < -0.39 is 9.85 Å². The van der Waals surface area contributed by atoms with Gasteiger partial charge in [0.1, 0.15) is 5.75 Å². The van der Waals surface area contributed by atoms with Crippen molar-refractivity contribution in [1.29, 1.82) is 0 Å². The first-order chi connectivity index (χ1) is 10.9. The fourth-order valence-electron chi connectivity index (χ4n) is 2.06. The fraction of sp³-hybridized carbons (Fsp3) is 0.250. The van der Waals surface area contributed by atoms with Crippen LogP contribution in [0.1, 0.15) is 20.3 Å². The summed E-state index contributed by atoms with van der Waals surface area (Å²) in [6, 6.07) is 10.5. The number of hydrogen-bond donors (Lipinski definition) is 0. The van der Waals surface area contributed by atoms with Crippen molar-refractivity contribution in [3.63, 3.8) is 0 Å². The van der Waals surface area contributed by atoms with Crippen LogP contribution in [0.4, 0.5) is 11.4 Å². The van der Waals surface area contributed by atoms with Gasteiger partial charge in [0, 0.05) is 6.07 Å². The van der Waals surface area contributed by atoms with Gasteiger partial charge in [0.05, 0.1) is 27.6 Å². The maximum absolute atomic E-state index is 11.2. The van der Waals surface area contributed by atoms with E-state index >= 15 is 0 Å². The van der Waals surface area contributed by atoms with E-state index in [1.54, 1.807) is 24.3 Å². The van der Waals surface area contributed by atoms with Gasteiger partial charge in [-0.2, -0.15) is 0 Å². The molecule has 0 heterocycles. The van der Waals surface area contributed by atoms with Gasteiger partial charge >= 0.3 is 0 Å². The van der Waals surface area contributed by atoms with Crippen LogP contribution in [0.5, 0.6) is 5.75 Å². The highest BCUT2D eigenvalue weighted by molar-refractivity contribution is 5.75. The Morgan fingerprint density at radius 3 is 2.22 bits per heavy atom. The highest BCUT2D eigenvalue weighted by Gasteiger charge is 2.20. The van der Waals surface area contributed by atoms with Gasteiger partial charge in [0.15, 0.2) is 0 Å². The van der Waals surface area contributed by atoms with Crippen molar-refractivity contribution in [1.82, 2.24) is 0 Å². The molecule has 0 radical (unpaired) electrons. The minimum Gasteiger partial charge on any atom is -0.491 e. The van der Waals surface area contributed by atoms with Gasteiger partial charge in [-0.3, -0.25) is 20.2 Å². The molecule has 1 unspecified atom stereocenters. The molecular formula is C16H16N2O5. The largest absolute Gasteiger partial charge is 0.491 e. The van der Waals surface area contributed by atoms with Crippen LogP contribution >= 0.6 is 0 Å². The molecule has 0 saturated carbocycles. The van der Waals surface area contributed by atoms with Crippen LogP contribution in [0.15, 0.2) is 42.5 Å². The zero-order valence-electron chi connectivity index (χ0n) is 12.8. The second-order valence-corrected chi connectivity index (χ2v) is 5.08. The topological polar surface area (TPSA) is 95.5 Å². The van der Waals surface area contributed by atoms with Crippen LogP contribution in [-0.4, -0.2) is 16.0 Å². The molecule has 7 nitrogen and oxygen atoms in total. The van der Waals surface area contributed by atoms with Gasteiger partial charge in [-0.1, -0.05) is 19.1 Å². The quantitative estimate of drug-likeness (QED) is 0.583. The Morgan fingerprint density at radius 2 is 1.70 bits per heavy atom. The van der Waals surface area contributed by atoms with Crippen molar-refractivity contribution in [3.8, 4) is 16.9 Å². The summed E-state index contributed by atoms with van der Waals surface area (Å²) in [5, 5.41) is 21.9. The molecule has 23 heavy (non-hydrogen) atoms. The third-order valence-electron chi connectivity index (χ3n) is 3.47.